The van der Waals surface area contributed by atoms with E-state index in [4.69, 9.17) is 0 Å². The Kier molecular flexibility index (Phi) is 13.3. The van der Waals surface area contributed by atoms with Crippen molar-refractivity contribution in [2.75, 3.05) is 41.6 Å². The van der Waals surface area contributed by atoms with Crippen LogP contribution in [0.2, 0.25) is 0 Å². The van der Waals surface area contributed by atoms with Gasteiger partial charge in [0.25, 0.3) is 0 Å². The molecule has 0 amide bonds. The summed E-state index contributed by atoms with van der Waals surface area (Å²) in [5.41, 5.74) is 0. The van der Waals surface area contributed by atoms with Crippen LogP contribution in [0.3, 0.4) is 0 Å². The first-order valence-corrected chi connectivity index (χ1v) is 12.4. The Hall–Kier alpha value is 1.26. The maximum atomic E-state index is 2.75. The summed E-state index contributed by atoms with van der Waals surface area (Å²) in [4.78, 5) is 5.50. The van der Waals surface area contributed by atoms with Crippen LogP contribution in [-0.4, -0.2) is 57.4 Å². The van der Waals surface area contributed by atoms with E-state index in [0.717, 1.165) is 6.04 Å². The summed E-state index contributed by atoms with van der Waals surface area (Å²) in [6.07, 6.45) is 11.2. The molecule has 2 saturated heterocycles. The molecule has 0 bridgehead atoms. The van der Waals surface area contributed by atoms with Gasteiger partial charge >= 0.3 is 126 Å². The standard InChI is InChI=1S/C16H29IN2.3ClH/c1-5-12-19-14-13-18(15-16(19)7-1)11-6-4-10-17-8-2-3-9-17;;;/h2,8,16H,1,3-7,9-15H2;3*1H. The zero-order chi connectivity index (χ0) is 12.9. The van der Waals surface area contributed by atoms with Gasteiger partial charge in [0, 0.05) is 0 Å². The number of rotatable bonds is 5. The summed E-state index contributed by atoms with van der Waals surface area (Å²) >= 11 is -0.553. The fourth-order valence-electron chi connectivity index (χ4n) is 3.64. The van der Waals surface area contributed by atoms with E-state index in [1.165, 1.54) is 71.2 Å². The second-order valence-electron chi connectivity index (χ2n) is 6.22. The Morgan fingerprint density at radius 3 is 2.64 bits per heavy atom. The fourth-order valence-corrected chi connectivity index (χ4v) is 8.65. The van der Waals surface area contributed by atoms with Crippen LogP contribution in [0.15, 0.2) is 10.2 Å². The Bertz CT molecular complexity index is 318. The van der Waals surface area contributed by atoms with Gasteiger partial charge in [-0.1, -0.05) is 0 Å². The molecule has 22 heavy (non-hydrogen) atoms. The topological polar surface area (TPSA) is 6.48 Å². The van der Waals surface area contributed by atoms with E-state index in [2.05, 4.69) is 20.0 Å². The molecule has 134 valence electrons. The van der Waals surface area contributed by atoms with Crippen molar-refractivity contribution in [1.29, 1.82) is 0 Å². The molecule has 3 aliphatic heterocycles. The van der Waals surface area contributed by atoms with Crippen LogP contribution in [0.5, 0.6) is 0 Å². The zero-order valence-electron chi connectivity index (χ0n) is 13.4. The van der Waals surface area contributed by atoms with Crippen molar-refractivity contribution < 1.29 is 0 Å². The molecule has 3 aliphatic rings. The maximum Gasteiger partial charge on any atom is -0.147 e. The third-order valence-corrected chi connectivity index (χ3v) is 10.5. The number of alkyl halides is 2. The van der Waals surface area contributed by atoms with Crippen molar-refractivity contribution in [3.05, 3.63) is 10.2 Å². The van der Waals surface area contributed by atoms with Gasteiger partial charge in [-0.25, -0.2) is 0 Å². The summed E-state index contributed by atoms with van der Waals surface area (Å²) < 4.78 is 5.76. The van der Waals surface area contributed by atoms with E-state index in [9.17, 15) is 0 Å². The number of piperidine rings is 1. The first-order chi connectivity index (χ1) is 9.42. The second-order valence-corrected chi connectivity index (χ2v) is 11.9. The van der Waals surface area contributed by atoms with Gasteiger partial charge in [-0.05, 0) is 0 Å². The van der Waals surface area contributed by atoms with Crippen molar-refractivity contribution in [2.45, 2.75) is 44.6 Å². The number of unbranched alkanes of at least 4 members (excludes halogenated alkanes) is 1. The van der Waals surface area contributed by atoms with Crippen LogP contribution in [0.25, 0.3) is 0 Å². The molecule has 1 unspecified atom stereocenters. The quantitative estimate of drug-likeness (QED) is 0.318. The summed E-state index contributed by atoms with van der Waals surface area (Å²) in [6, 6.07) is 0.899. The number of nitrogens with zero attached hydrogens (tertiary/aromatic N) is 2. The summed E-state index contributed by atoms with van der Waals surface area (Å²) in [6.45, 7) is 6.78. The largest absolute Gasteiger partial charge is 0.147 e. The minimum absolute atomic E-state index is 0. The number of hydrogen-bond donors (Lipinski definition) is 0. The number of piperazine rings is 1. The molecule has 6 heteroatoms. The van der Waals surface area contributed by atoms with E-state index in [1.54, 1.807) is 8.86 Å². The van der Waals surface area contributed by atoms with Crippen LogP contribution >= 0.6 is 57.0 Å². The first-order valence-electron chi connectivity index (χ1n) is 8.15. The SMILES string of the molecule is C1=CI(CCCCN2CCN3CCCCC3C2)CC1.Cl.Cl.Cl. The minimum atomic E-state index is -0.553. The van der Waals surface area contributed by atoms with Crippen molar-refractivity contribution in [1.82, 2.24) is 9.80 Å². The van der Waals surface area contributed by atoms with Gasteiger partial charge in [-0.2, -0.15) is 0 Å². The fraction of sp³-hybridized carbons (Fsp3) is 0.875. The van der Waals surface area contributed by atoms with E-state index in [1.807, 2.05) is 0 Å². The molecule has 0 N–H and O–H groups in total. The van der Waals surface area contributed by atoms with Gasteiger partial charge < -0.3 is 0 Å². The molecule has 0 spiro atoms. The third kappa shape index (κ3) is 7.02. The molecule has 2 fully saturated rings. The van der Waals surface area contributed by atoms with Gasteiger partial charge in [0.05, 0.1) is 0 Å². The summed E-state index contributed by atoms with van der Waals surface area (Å²) in [7, 11) is 0. The monoisotopic (exact) mass is 484 g/mol. The Morgan fingerprint density at radius 1 is 1.00 bits per heavy atom. The van der Waals surface area contributed by atoms with Crippen LogP contribution in [0.4, 0.5) is 0 Å². The molecule has 1 atom stereocenters. The average Bonchev–Trinajstić information content (AvgIpc) is 2.97. The first kappa shape index (κ1) is 23.3. The van der Waals surface area contributed by atoms with E-state index in [0.29, 0.717) is 0 Å². The number of hydrogen-bond acceptors (Lipinski definition) is 2. The number of fused-ring (bicyclic) bond motifs is 1. The van der Waals surface area contributed by atoms with Crippen molar-refractivity contribution >= 4 is 57.0 Å². The normalized spacial score (nSPS) is 26.5. The van der Waals surface area contributed by atoms with Crippen molar-refractivity contribution in [3.63, 3.8) is 0 Å². The minimum Gasteiger partial charge on any atom is -0.147 e. The maximum absolute atomic E-state index is 2.75. The van der Waals surface area contributed by atoms with E-state index < -0.39 is 19.8 Å². The molecule has 3 heterocycles. The van der Waals surface area contributed by atoms with E-state index in [-0.39, 0.29) is 37.2 Å². The van der Waals surface area contributed by atoms with Crippen LogP contribution in [0, 0.1) is 0 Å². The number of halogens is 4. The van der Waals surface area contributed by atoms with Crippen molar-refractivity contribution in [2.24, 2.45) is 0 Å². The average molecular weight is 486 g/mol. The zero-order valence-corrected chi connectivity index (χ0v) is 18.0. The molecule has 0 aliphatic carbocycles. The van der Waals surface area contributed by atoms with Gasteiger partial charge in [0.1, 0.15) is 0 Å². The molecular weight excluding hydrogens is 453 g/mol. The van der Waals surface area contributed by atoms with Crippen LogP contribution < -0.4 is 0 Å². The molecule has 3 rings (SSSR count). The molecule has 0 aromatic carbocycles. The molecular formula is C16H32Cl3IN2. The summed E-state index contributed by atoms with van der Waals surface area (Å²) in [5.74, 6) is 0. The Labute approximate surface area is 162 Å². The Morgan fingerprint density at radius 2 is 1.86 bits per heavy atom. The van der Waals surface area contributed by atoms with Crippen molar-refractivity contribution in [3.8, 4) is 0 Å². The molecule has 2 nitrogen and oxygen atoms in total. The molecule has 0 saturated carbocycles. The van der Waals surface area contributed by atoms with Gasteiger partial charge in [-0.3, -0.25) is 0 Å². The summed E-state index contributed by atoms with van der Waals surface area (Å²) in [5, 5.41) is 0. The predicted molar refractivity (Wildman–Crippen MR) is 114 cm³/mol. The predicted octanol–water partition coefficient (Wildman–Crippen LogP) is 4.63. The second kappa shape index (κ2) is 12.6. The number of allylic oxidation sites excluding steroid dienone is 1. The third-order valence-electron chi connectivity index (χ3n) is 4.81. The van der Waals surface area contributed by atoms with Gasteiger partial charge in [0.2, 0.25) is 0 Å². The molecule has 0 radical (unpaired) electrons. The molecule has 0 aromatic heterocycles. The molecule has 0 aromatic rings. The van der Waals surface area contributed by atoms with Gasteiger partial charge in [0.15, 0.2) is 0 Å². The van der Waals surface area contributed by atoms with Crippen LogP contribution in [-0.2, 0) is 0 Å². The van der Waals surface area contributed by atoms with Gasteiger partial charge in [-0.15, -0.1) is 37.2 Å². The van der Waals surface area contributed by atoms with Crippen LogP contribution in [0.1, 0.15) is 38.5 Å². The smallest absolute Gasteiger partial charge is 0.147 e. The Balaban J connectivity index is 0.00000147. The van der Waals surface area contributed by atoms with E-state index >= 15 is 0 Å².